The topological polar surface area (TPSA) is 60.5 Å². The van der Waals surface area contributed by atoms with Gasteiger partial charge in [0, 0.05) is 22.9 Å². The Kier molecular flexibility index (Phi) is 5.61. The van der Waals surface area contributed by atoms with Gasteiger partial charge in [-0.3, -0.25) is 4.79 Å². The number of hydrogen-bond acceptors (Lipinski definition) is 6. The molecule has 0 fully saturated rings. The van der Waals surface area contributed by atoms with E-state index in [1.54, 1.807) is 22.7 Å². The second kappa shape index (κ2) is 8.29. The lowest BCUT2D eigenvalue weighted by Gasteiger charge is -2.20. The Morgan fingerprint density at radius 2 is 2.15 bits per heavy atom. The van der Waals surface area contributed by atoms with Gasteiger partial charge in [-0.15, -0.1) is 11.3 Å². The summed E-state index contributed by atoms with van der Waals surface area (Å²) < 4.78 is 11.1. The largest absolute Gasteiger partial charge is 0.486 e. The Labute approximate surface area is 169 Å². The number of ether oxygens (including phenoxy) is 2. The van der Waals surface area contributed by atoms with Crippen molar-refractivity contribution < 1.29 is 14.3 Å². The van der Waals surface area contributed by atoms with Crippen LogP contribution in [-0.4, -0.2) is 30.6 Å². The molecule has 2 aromatic heterocycles. The summed E-state index contributed by atoms with van der Waals surface area (Å²) in [4.78, 5) is 16.7. The fourth-order valence-electron chi connectivity index (χ4n) is 2.79. The monoisotopic (exact) mass is 420 g/mol. The van der Waals surface area contributed by atoms with Crippen molar-refractivity contribution in [1.29, 1.82) is 0 Å². The minimum atomic E-state index is -0.0409. The summed E-state index contributed by atoms with van der Waals surface area (Å²) in [5, 5.41) is 10.4. The van der Waals surface area contributed by atoms with Crippen LogP contribution in [0.2, 0.25) is 5.02 Å². The molecule has 5 nitrogen and oxygen atoms in total. The van der Waals surface area contributed by atoms with Gasteiger partial charge in [0.15, 0.2) is 11.5 Å². The van der Waals surface area contributed by atoms with Crippen LogP contribution in [0.15, 0.2) is 34.3 Å². The Morgan fingerprint density at radius 3 is 3.00 bits per heavy atom. The zero-order valence-electron chi connectivity index (χ0n) is 14.4. The van der Waals surface area contributed by atoms with Crippen LogP contribution in [0.5, 0.6) is 11.5 Å². The van der Waals surface area contributed by atoms with Crippen molar-refractivity contribution in [3.05, 3.63) is 50.6 Å². The van der Waals surface area contributed by atoms with Crippen molar-refractivity contribution in [2.75, 3.05) is 19.8 Å². The summed E-state index contributed by atoms with van der Waals surface area (Å²) in [6.07, 6.45) is 0.946. The molecule has 0 unspecified atom stereocenters. The number of benzene rings is 1. The van der Waals surface area contributed by atoms with Crippen molar-refractivity contribution in [2.24, 2.45) is 0 Å². The van der Waals surface area contributed by atoms with E-state index in [2.05, 4.69) is 15.7 Å². The van der Waals surface area contributed by atoms with E-state index < -0.39 is 0 Å². The number of thiophene rings is 1. The van der Waals surface area contributed by atoms with Gasteiger partial charge in [-0.2, -0.15) is 11.3 Å². The molecular weight excluding hydrogens is 404 g/mol. The van der Waals surface area contributed by atoms with E-state index in [0.29, 0.717) is 42.7 Å². The molecule has 0 radical (unpaired) electrons. The van der Waals surface area contributed by atoms with Crippen LogP contribution in [-0.2, 0) is 17.6 Å². The number of carbonyl (C=O) groups excluding carboxylic acids is 1. The highest BCUT2D eigenvalue weighted by atomic mass is 35.5. The van der Waals surface area contributed by atoms with E-state index >= 15 is 0 Å². The first-order chi connectivity index (χ1) is 13.2. The van der Waals surface area contributed by atoms with E-state index in [4.69, 9.17) is 21.1 Å². The minimum Gasteiger partial charge on any atom is -0.486 e. The van der Waals surface area contributed by atoms with Crippen LogP contribution < -0.4 is 14.8 Å². The molecule has 0 spiro atoms. The molecule has 8 heteroatoms. The standard InChI is InChI=1S/C19H17ClN2O3S2/c20-15-7-12(8-16-18(15)25-5-4-24-16)1-3-21-17(23)9-14-11-27-19(22-14)13-2-6-26-10-13/h2,6-8,10-11H,1,3-5,9H2,(H,21,23). The number of aromatic nitrogens is 1. The van der Waals surface area contributed by atoms with Crippen molar-refractivity contribution in [1.82, 2.24) is 10.3 Å². The summed E-state index contributed by atoms with van der Waals surface area (Å²) in [5.41, 5.74) is 2.89. The van der Waals surface area contributed by atoms with E-state index in [-0.39, 0.29) is 12.3 Å². The number of nitrogens with zero attached hydrogens (tertiary/aromatic N) is 1. The molecule has 0 atom stereocenters. The van der Waals surface area contributed by atoms with Crippen LogP contribution in [0.1, 0.15) is 11.3 Å². The van der Waals surface area contributed by atoms with Crippen LogP contribution in [0.25, 0.3) is 10.6 Å². The lowest BCUT2D eigenvalue weighted by atomic mass is 10.1. The predicted molar refractivity (Wildman–Crippen MR) is 108 cm³/mol. The molecule has 1 aliphatic rings. The third-order valence-corrected chi connectivity index (χ3v) is 5.96. The second-order valence-corrected chi connectivity index (χ2v) is 8.08. The Morgan fingerprint density at radius 1 is 1.26 bits per heavy atom. The first kappa shape index (κ1) is 18.3. The third kappa shape index (κ3) is 4.43. The quantitative estimate of drug-likeness (QED) is 0.649. The zero-order valence-corrected chi connectivity index (χ0v) is 16.8. The highest BCUT2D eigenvalue weighted by molar-refractivity contribution is 7.14. The normalized spacial score (nSPS) is 12.8. The van der Waals surface area contributed by atoms with Gasteiger partial charge in [0.2, 0.25) is 5.91 Å². The molecule has 1 aromatic carbocycles. The summed E-state index contributed by atoms with van der Waals surface area (Å²) in [5.74, 6) is 1.22. The summed E-state index contributed by atoms with van der Waals surface area (Å²) >= 11 is 9.44. The van der Waals surface area contributed by atoms with Crippen molar-refractivity contribution in [2.45, 2.75) is 12.8 Å². The summed E-state index contributed by atoms with van der Waals surface area (Å²) in [6.45, 7) is 1.55. The molecular formula is C19H17ClN2O3S2. The molecule has 4 rings (SSSR count). The fourth-order valence-corrected chi connectivity index (χ4v) is 4.61. The molecule has 1 amide bonds. The molecule has 0 aliphatic carbocycles. The number of thiazole rings is 1. The maximum absolute atomic E-state index is 12.2. The molecule has 27 heavy (non-hydrogen) atoms. The van der Waals surface area contributed by atoms with E-state index in [1.165, 1.54) is 0 Å². The van der Waals surface area contributed by atoms with E-state index in [0.717, 1.165) is 21.8 Å². The average Bonchev–Trinajstić information content (AvgIpc) is 3.33. The average molecular weight is 421 g/mol. The van der Waals surface area contributed by atoms with Crippen LogP contribution >= 0.6 is 34.3 Å². The first-order valence-electron chi connectivity index (χ1n) is 8.51. The highest BCUT2D eigenvalue weighted by Crippen LogP contribution is 2.38. The van der Waals surface area contributed by atoms with Gasteiger partial charge in [0.1, 0.15) is 18.2 Å². The number of halogens is 1. The summed E-state index contributed by atoms with van der Waals surface area (Å²) in [7, 11) is 0. The van der Waals surface area contributed by atoms with Gasteiger partial charge < -0.3 is 14.8 Å². The van der Waals surface area contributed by atoms with Crippen molar-refractivity contribution in [3.63, 3.8) is 0 Å². The van der Waals surface area contributed by atoms with E-state index in [1.807, 2.05) is 29.0 Å². The number of hydrogen-bond donors (Lipinski definition) is 1. The molecule has 3 heterocycles. The number of fused-ring (bicyclic) bond motifs is 1. The van der Waals surface area contributed by atoms with Crippen LogP contribution in [0.4, 0.5) is 0 Å². The maximum Gasteiger partial charge on any atom is 0.226 e. The van der Waals surface area contributed by atoms with Gasteiger partial charge in [-0.25, -0.2) is 4.98 Å². The highest BCUT2D eigenvalue weighted by Gasteiger charge is 2.16. The van der Waals surface area contributed by atoms with E-state index in [9.17, 15) is 4.79 Å². The number of carbonyl (C=O) groups is 1. The maximum atomic E-state index is 12.2. The van der Waals surface area contributed by atoms with Gasteiger partial charge in [-0.05, 0) is 35.6 Å². The third-order valence-electron chi connectivity index (χ3n) is 4.05. The molecule has 0 saturated carbocycles. The first-order valence-corrected chi connectivity index (χ1v) is 10.7. The minimum absolute atomic E-state index is 0.0409. The molecule has 140 valence electrons. The lowest BCUT2D eigenvalue weighted by molar-refractivity contribution is -0.120. The lowest BCUT2D eigenvalue weighted by Crippen LogP contribution is -2.27. The van der Waals surface area contributed by atoms with Gasteiger partial charge in [-0.1, -0.05) is 11.6 Å². The molecule has 1 aliphatic heterocycles. The second-order valence-electron chi connectivity index (χ2n) is 6.03. The van der Waals surface area contributed by atoms with Crippen LogP contribution in [0, 0.1) is 0 Å². The molecule has 0 bridgehead atoms. The number of rotatable bonds is 6. The Bertz CT molecular complexity index is 941. The Hall–Kier alpha value is -2.09. The van der Waals surface area contributed by atoms with Crippen LogP contribution in [0.3, 0.4) is 0 Å². The van der Waals surface area contributed by atoms with Gasteiger partial charge in [0.25, 0.3) is 0 Å². The number of nitrogens with one attached hydrogen (secondary N) is 1. The smallest absolute Gasteiger partial charge is 0.226 e. The van der Waals surface area contributed by atoms with Crippen molar-refractivity contribution >= 4 is 40.2 Å². The molecule has 0 saturated heterocycles. The number of amides is 1. The molecule has 3 aromatic rings. The van der Waals surface area contributed by atoms with Crippen molar-refractivity contribution in [3.8, 4) is 22.1 Å². The Balaban J connectivity index is 1.29. The fraction of sp³-hybridized carbons (Fsp3) is 0.263. The predicted octanol–water partition coefficient (Wildman–Crippen LogP) is 4.20. The summed E-state index contributed by atoms with van der Waals surface area (Å²) in [6, 6.07) is 5.81. The van der Waals surface area contributed by atoms with Gasteiger partial charge >= 0.3 is 0 Å². The van der Waals surface area contributed by atoms with Gasteiger partial charge in [0.05, 0.1) is 17.1 Å². The SMILES string of the molecule is O=C(Cc1csc(-c2ccsc2)n1)NCCc1cc(Cl)c2c(c1)OCCO2. The zero-order chi connectivity index (χ0) is 18.6. The molecule has 1 N–H and O–H groups in total.